The zero-order valence-electron chi connectivity index (χ0n) is 13.0. The van der Waals surface area contributed by atoms with Crippen LogP contribution in [0.3, 0.4) is 0 Å². The van der Waals surface area contributed by atoms with Gasteiger partial charge in [0.2, 0.25) is 5.91 Å². The molecule has 0 bridgehead atoms. The second kappa shape index (κ2) is 8.80. The third kappa shape index (κ3) is 7.17. The molecule has 1 aliphatic rings. The van der Waals surface area contributed by atoms with E-state index in [4.69, 9.17) is 0 Å². The molecule has 0 aromatic rings. The number of carbonyl (C=O) groups is 1. The molecule has 1 aliphatic heterocycles. The summed E-state index contributed by atoms with van der Waals surface area (Å²) in [4.78, 5) is 14.5. The molecule has 1 fully saturated rings. The Labute approximate surface area is 124 Å². The van der Waals surface area contributed by atoms with Crippen molar-refractivity contribution in [1.29, 1.82) is 0 Å². The van der Waals surface area contributed by atoms with Gasteiger partial charge in [-0.15, -0.1) is 12.4 Å². The van der Waals surface area contributed by atoms with Gasteiger partial charge in [-0.2, -0.15) is 0 Å². The molecule has 1 heterocycles. The Morgan fingerprint density at radius 3 is 2.32 bits per heavy atom. The van der Waals surface area contributed by atoms with Crippen LogP contribution in [-0.2, 0) is 4.79 Å². The van der Waals surface area contributed by atoms with Crippen molar-refractivity contribution in [3.63, 3.8) is 0 Å². The number of piperidine rings is 1. The number of halogens is 1. The van der Waals surface area contributed by atoms with E-state index < -0.39 is 0 Å². The number of nitrogens with zero attached hydrogens (tertiary/aromatic N) is 1. The minimum Gasteiger partial charge on any atom is -0.340 e. The van der Waals surface area contributed by atoms with Gasteiger partial charge < -0.3 is 10.2 Å². The zero-order valence-corrected chi connectivity index (χ0v) is 13.8. The molecule has 3 nitrogen and oxygen atoms in total. The van der Waals surface area contributed by atoms with Gasteiger partial charge >= 0.3 is 0 Å². The molecule has 1 N–H and O–H groups in total. The van der Waals surface area contributed by atoms with Crippen molar-refractivity contribution in [2.24, 2.45) is 5.41 Å². The predicted molar refractivity (Wildman–Crippen MR) is 83.8 cm³/mol. The molecule has 0 aromatic carbocycles. The smallest absolute Gasteiger partial charge is 0.222 e. The van der Waals surface area contributed by atoms with E-state index in [9.17, 15) is 4.79 Å². The lowest BCUT2D eigenvalue weighted by molar-refractivity contribution is -0.134. The van der Waals surface area contributed by atoms with Gasteiger partial charge in [0, 0.05) is 19.0 Å². The minimum atomic E-state index is 0. The van der Waals surface area contributed by atoms with Crippen molar-refractivity contribution >= 4 is 18.3 Å². The van der Waals surface area contributed by atoms with Crippen molar-refractivity contribution < 1.29 is 4.79 Å². The number of hydrogen-bond donors (Lipinski definition) is 1. The first kappa shape index (κ1) is 18.7. The van der Waals surface area contributed by atoms with E-state index in [1.54, 1.807) is 0 Å². The molecule has 4 heteroatoms. The van der Waals surface area contributed by atoms with Gasteiger partial charge in [-0.25, -0.2) is 0 Å². The molecule has 1 amide bonds. The van der Waals surface area contributed by atoms with Gasteiger partial charge in [0.15, 0.2) is 0 Å². The first-order valence-corrected chi connectivity index (χ1v) is 7.44. The highest BCUT2D eigenvalue weighted by Gasteiger charge is 2.25. The predicted octanol–water partition coefficient (Wildman–Crippen LogP) is 3.23. The quantitative estimate of drug-likeness (QED) is 0.843. The van der Waals surface area contributed by atoms with Crippen LogP contribution in [0.25, 0.3) is 0 Å². The van der Waals surface area contributed by atoms with Gasteiger partial charge in [-0.3, -0.25) is 4.79 Å². The fourth-order valence-corrected chi connectivity index (χ4v) is 2.50. The van der Waals surface area contributed by atoms with Gasteiger partial charge in [0.1, 0.15) is 0 Å². The second-order valence-electron chi connectivity index (χ2n) is 6.63. The lowest BCUT2D eigenvalue weighted by Crippen LogP contribution is -2.46. The highest BCUT2D eigenvalue weighted by Crippen LogP contribution is 2.22. The van der Waals surface area contributed by atoms with Crippen LogP contribution in [0.5, 0.6) is 0 Å². The van der Waals surface area contributed by atoms with Gasteiger partial charge in [0.05, 0.1) is 0 Å². The van der Waals surface area contributed by atoms with E-state index in [1.165, 1.54) is 0 Å². The Morgan fingerprint density at radius 1 is 1.26 bits per heavy atom. The first-order chi connectivity index (χ1) is 8.44. The molecule has 0 saturated carbocycles. The van der Waals surface area contributed by atoms with E-state index in [2.05, 4.69) is 37.9 Å². The minimum absolute atomic E-state index is 0. The van der Waals surface area contributed by atoms with Crippen LogP contribution in [0.15, 0.2) is 0 Å². The van der Waals surface area contributed by atoms with Gasteiger partial charge in [-0.05, 0) is 44.2 Å². The molecule has 0 aromatic heterocycles. The summed E-state index contributed by atoms with van der Waals surface area (Å²) in [7, 11) is 0. The third-order valence-electron chi connectivity index (χ3n) is 3.62. The largest absolute Gasteiger partial charge is 0.340 e. The molecule has 1 rings (SSSR count). The molecule has 0 spiro atoms. The van der Waals surface area contributed by atoms with E-state index in [1.807, 2.05) is 0 Å². The summed E-state index contributed by atoms with van der Waals surface area (Å²) in [5.74, 6) is 0.360. The number of hydrogen-bond acceptors (Lipinski definition) is 2. The SMILES string of the molecule is CCCN(C(=O)CCC(C)(C)C)C1CCNCC1.Cl. The summed E-state index contributed by atoms with van der Waals surface area (Å²) in [5, 5.41) is 3.37. The Kier molecular flexibility index (Phi) is 8.67. The van der Waals surface area contributed by atoms with Gasteiger partial charge in [-0.1, -0.05) is 27.7 Å². The van der Waals surface area contributed by atoms with E-state index in [-0.39, 0.29) is 17.8 Å². The second-order valence-corrected chi connectivity index (χ2v) is 6.63. The molecule has 0 atom stereocenters. The van der Waals surface area contributed by atoms with Crippen LogP contribution >= 0.6 is 12.4 Å². The van der Waals surface area contributed by atoms with Crippen molar-refractivity contribution in [2.45, 2.75) is 65.8 Å². The molecular formula is C15H31ClN2O. The summed E-state index contributed by atoms with van der Waals surface area (Å²) >= 11 is 0. The monoisotopic (exact) mass is 290 g/mol. The Hall–Kier alpha value is -0.280. The maximum atomic E-state index is 12.4. The third-order valence-corrected chi connectivity index (χ3v) is 3.62. The summed E-state index contributed by atoms with van der Waals surface area (Å²) in [6.45, 7) is 11.8. The maximum absolute atomic E-state index is 12.4. The molecule has 1 saturated heterocycles. The molecule has 0 radical (unpaired) electrons. The lowest BCUT2D eigenvalue weighted by atomic mass is 9.90. The maximum Gasteiger partial charge on any atom is 0.222 e. The summed E-state index contributed by atoms with van der Waals surface area (Å²) in [5.41, 5.74) is 0.252. The van der Waals surface area contributed by atoms with Crippen LogP contribution in [0.1, 0.15) is 59.8 Å². The summed E-state index contributed by atoms with van der Waals surface area (Å²) in [6.07, 6.45) is 4.97. The van der Waals surface area contributed by atoms with E-state index >= 15 is 0 Å². The average Bonchev–Trinajstić information content (AvgIpc) is 2.33. The van der Waals surface area contributed by atoms with Crippen molar-refractivity contribution in [2.75, 3.05) is 19.6 Å². The summed E-state index contributed by atoms with van der Waals surface area (Å²) in [6, 6.07) is 0.471. The van der Waals surface area contributed by atoms with Crippen molar-refractivity contribution in [3.8, 4) is 0 Å². The topological polar surface area (TPSA) is 32.3 Å². The zero-order chi connectivity index (χ0) is 13.6. The normalized spacial score (nSPS) is 16.8. The van der Waals surface area contributed by atoms with Crippen molar-refractivity contribution in [3.05, 3.63) is 0 Å². The fourth-order valence-electron chi connectivity index (χ4n) is 2.50. The molecule has 0 unspecified atom stereocenters. The lowest BCUT2D eigenvalue weighted by Gasteiger charge is -2.35. The Bertz CT molecular complexity index is 257. The number of rotatable bonds is 5. The highest BCUT2D eigenvalue weighted by atomic mass is 35.5. The number of nitrogens with one attached hydrogen (secondary N) is 1. The average molecular weight is 291 g/mol. The van der Waals surface area contributed by atoms with Crippen molar-refractivity contribution in [1.82, 2.24) is 10.2 Å². The number of amides is 1. The van der Waals surface area contributed by atoms with E-state index in [0.29, 0.717) is 18.4 Å². The summed E-state index contributed by atoms with van der Waals surface area (Å²) < 4.78 is 0. The standard InChI is InChI=1S/C15H30N2O.ClH/c1-5-12-17(13-7-10-16-11-8-13)14(18)6-9-15(2,3)4;/h13,16H,5-12H2,1-4H3;1H. The molecule has 114 valence electrons. The van der Waals surface area contributed by atoms with Gasteiger partial charge in [0.25, 0.3) is 0 Å². The van der Waals surface area contributed by atoms with E-state index in [0.717, 1.165) is 45.3 Å². The van der Waals surface area contributed by atoms with Crippen LogP contribution in [0.4, 0.5) is 0 Å². The fraction of sp³-hybridized carbons (Fsp3) is 0.933. The van der Waals surface area contributed by atoms with Crippen LogP contribution < -0.4 is 5.32 Å². The van der Waals surface area contributed by atoms with Crippen LogP contribution in [0.2, 0.25) is 0 Å². The highest BCUT2D eigenvalue weighted by molar-refractivity contribution is 5.85. The number of carbonyl (C=O) groups excluding carboxylic acids is 1. The van der Waals surface area contributed by atoms with Crippen LogP contribution in [-0.4, -0.2) is 36.5 Å². The molecular weight excluding hydrogens is 260 g/mol. The Morgan fingerprint density at radius 2 is 1.84 bits per heavy atom. The molecule has 0 aliphatic carbocycles. The Balaban J connectivity index is 0.00000324. The first-order valence-electron chi connectivity index (χ1n) is 7.44. The molecule has 19 heavy (non-hydrogen) atoms. The van der Waals surface area contributed by atoms with Crippen LogP contribution in [0, 0.1) is 5.41 Å².